The lowest BCUT2D eigenvalue weighted by Gasteiger charge is -2.34. The first-order valence-corrected chi connectivity index (χ1v) is 11.1. The van der Waals surface area contributed by atoms with Crippen molar-refractivity contribution < 1.29 is 9.53 Å². The second-order valence-electron chi connectivity index (χ2n) is 9.04. The number of imidazole rings is 1. The molecule has 1 aromatic heterocycles. The standard InChI is InChI=1S/C24H29ClN4O2/c1-24(2,3)31-23(30)26-19-7-6-14-28(16-19)22-27-20-8-4-5-9-21(20)29(22)15-17-10-12-18(25)13-11-17/h4-5,8-13,19H,6-7,14-16H2,1-3H3,(H,26,30). The van der Waals surface area contributed by atoms with E-state index in [4.69, 9.17) is 21.3 Å². The van der Waals surface area contributed by atoms with E-state index in [9.17, 15) is 4.79 Å². The van der Waals surface area contributed by atoms with E-state index in [1.54, 1.807) is 0 Å². The van der Waals surface area contributed by atoms with Gasteiger partial charge in [0.15, 0.2) is 0 Å². The average molecular weight is 441 g/mol. The van der Waals surface area contributed by atoms with Gasteiger partial charge in [0.05, 0.1) is 17.6 Å². The number of anilines is 1. The number of rotatable bonds is 4. The molecule has 1 N–H and O–H groups in total. The summed E-state index contributed by atoms with van der Waals surface area (Å²) in [6.45, 7) is 7.92. The number of piperidine rings is 1. The molecule has 31 heavy (non-hydrogen) atoms. The normalized spacial score (nSPS) is 17.0. The quantitative estimate of drug-likeness (QED) is 0.603. The number of carbonyl (C=O) groups is 1. The number of benzene rings is 2. The van der Waals surface area contributed by atoms with E-state index < -0.39 is 5.60 Å². The average Bonchev–Trinajstić information content (AvgIpc) is 3.07. The number of halogens is 1. The molecule has 6 nitrogen and oxygen atoms in total. The Balaban J connectivity index is 1.58. The third-order valence-corrected chi connectivity index (χ3v) is 5.57. The molecule has 0 saturated carbocycles. The minimum atomic E-state index is -0.509. The summed E-state index contributed by atoms with van der Waals surface area (Å²) < 4.78 is 7.69. The molecule has 1 unspecified atom stereocenters. The summed E-state index contributed by atoms with van der Waals surface area (Å²) in [6.07, 6.45) is 1.53. The molecule has 2 aromatic carbocycles. The van der Waals surface area contributed by atoms with Crippen LogP contribution in [0, 0.1) is 0 Å². The summed E-state index contributed by atoms with van der Waals surface area (Å²) in [5, 5.41) is 3.76. The summed E-state index contributed by atoms with van der Waals surface area (Å²) in [6, 6.07) is 16.1. The highest BCUT2D eigenvalue weighted by Gasteiger charge is 2.27. The molecule has 3 aromatic rings. The fourth-order valence-corrected chi connectivity index (χ4v) is 4.11. The highest BCUT2D eigenvalue weighted by molar-refractivity contribution is 6.30. The van der Waals surface area contributed by atoms with Crippen molar-refractivity contribution in [3.63, 3.8) is 0 Å². The van der Waals surface area contributed by atoms with Crippen LogP contribution in [0.5, 0.6) is 0 Å². The van der Waals surface area contributed by atoms with Crippen LogP contribution in [0.25, 0.3) is 11.0 Å². The van der Waals surface area contributed by atoms with Crippen molar-refractivity contribution in [2.75, 3.05) is 18.0 Å². The number of ether oxygens (including phenoxy) is 1. The number of nitrogens with one attached hydrogen (secondary N) is 1. The summed E-state index contributed by atoms with van der Waals surface area (Å²) in [7, 11) is 0. The van der Waals surface area contributed by atoms with Gasteiger partial charge in [-0.05, 0) is 63.4 Å². The fraction of sp³-hybridized carbons (Fsp3) is 0.417. The van der Waals surface area contributed by atoms with Crippen molar-refractivity contribution in [1.82, 2.24) is 14.9 Å². The molecule has 1 aliphatic rings. The number of carbonyl (C=O) groups excluding carboxylic acids is 1. The predicted octanol–water partition coefficient (Wildman–Crippen LogP) is 5.23. The number of amides is 1. The zero-order valence-electron chi connectivity index (χ0n) is 18.3. The number of para-hydroxylation sites is 2. The van der Waals surface area contributed by atoms with Gasteiger partial charge < -0.3 is 19.5 Å². The molecule has 0 spiro atoms. The second kappa shape index (κ2) is 8.79. The predicted molar refractivity (Wildman–Crippen MR) is 125 cm³/mol. The minimum Gasteiger partial charge on any atom is -0.444 e. The Morgan fingerprint density at radius 3 is 2.68 bits per heavy atom. The van der Waals surface area contributed by atoms with E-state index >= 15 is 0 Å². The van der Waals surface area contributed by atoms with Crippen molar-refractivity contribution in [2.45, 2.75) is 51.8 Å². The lowest BCUT2D eigenvalue weighted by atomic mass is 10.1. The molecule has 0 bridgehead atoms. The largest absolute Gasteiger partial charge is 0.444 e. The molecular formula is C24H29ClN4O2. The Kier molecular flexibility index (Phi) is 6.10. The molecule has 1 fully saturated rings. The molecule has 1 amide bonds. The summed E-state index contributed by atoms with van der Waals surface area (Å²) in [5.41, 5.74) is 2.71. The molecule has 164 valence electrons. The van der Waals surface area contributed by atoms with Crippen molar-refractivity contribution in [2.24, 2.45) is 0 Å². The zero-order valence-corrected chi connectivity index (χ0v) is 19.0. The molecule has 1 saturated heterocycles. The lowest BCUT2D eigenvalue weighted by molar-refractivity contribution is 0.0500. The van der Waals surface area contributed by atoms with Crippen LogP contribution in [0.3, 0.4) is 0 Å². The van der Waals surface area contributed by atoms with Crippen LogP contribution in [0.2, 0.25) is 5.02 Å². The number of alkyl carbamates (subject to hydrolysis) is 1. The van der Waals surface area contributed by atoms with Crippen molar-refractivity contribution in [1.29, 1.82) is 0 Å². The summed E-state index contributed by atoms with van der Waals surface area (Å²) in [5.74, 6) is 0.923. The molecule has 4 rings (SSSR count). The Bertz CT molecular complexity index is 1060. The SMILES string of the molecule is CC(C)(C)OC(=O)NC1CCCN(c2nc3ccccc3n2Cc2ccc(Cl)cc2)C1. The van der Waals surface area contributed by atoms with Crippen LogP contribution in [0.4, 0.5) is 10.7 Å². The van der Waals surface area contributed by atoms with Gasteiger partial charge in [-0.2, -0.15) is 0 Å². The van der Waals surface area contributed by atoms with Crippen LogP contribution in [-0.2, 0) is 11.3 Å². The van der Waals surface area contributed by atoms with E-state index in [1.807, 2.05) is 63.2 Å². The number of nitrogens with zero attached hydrogens (tertiary/aromatic N) is 3. The minimum absolute atomic E-state index is 0.0207. The first-order valence-electron chi connectivity index (χ1n) is 10.7. The zero-order chi connectivity index (χ0) is 22.0. The van der Waals surface area contributed by atoms with Gasteiger partial charge >= 0.3 is 6.09 Å². The number of aromatic nitrogens is 2. The van der Waals surface area contributed by atoms with Gasteiger partial charge in [0.1, 0.15) is 5.60 Å². The van der Waals surface area contributed by atoms with E-state index in [1.165, 1.54) is 0 Å². The van der Waals surface area contributed by atoms with Crippen LogP contribution in [-0.4, -0.2) is 40.4 Å². The van der Waals surface area contributed by atoms with Crippen LogP contribution >= 0.6 is 11.6 Å². The molecule has 7 heteroatoms. The lowest BCUT2D eigenvalue weighted by Crippen LogP contribution is -2.49. The van der Waals surface area contributed by atoms with Crippen molar-refractivity contribution >= 4 is 34.7 Å². The third kappa shape index (κ3) is 5.31. The summed E-state index contributed by atoms with van der Waals surface area (Å²) >= 11 is 6.07. The number of hydrogen-bond donors (Lipinski definition) is 1. The van der Waals surface area contributed by atoms with Crippen molar-refractivity contribution in [3.05, 3.63) is 59.1 Å². The van der Waals surface area contributed by atoms with E-state index in [-0.39, 0.29) is 12.1 Å². The van der Waals surface area contributed by atoms with Gasteiger partial charge in [-0.1, -0.05) is 35.9 Å². The number of fused-ring (bicyclic) bond motifs is 1. The van der Waals surface area contributed by atoms with Gasteiger partial charge in [-0.3, -0.25) is 0 Å². The summed E-state index contributed by atoms with van der Waals surface area (Å²) in [4.78, 5) is 19.5. The molecule has 1 aliphatic heterocycles. The van der Waals surface area contributed by atoms with Crippen molar-refractivity contribution in [3.8, 4) is 0 Å². The smallest absolute Gasteiger partial charge is 0.407 e. The Hall–Kier alpha value is -2.73. The highest BCUT2D eigenvalue weighted by Crippen LogP contribution is 2.27. The number of hydrogen-bond acceptors (Lipinski definition) is 4. The van der Waals surface area contributed by atoms with Gasteiger partial charge in [-0.15, -0.1) is 0 Å². The highest BCUT2D eigenvalue weighted by atomic mass is 35.5. The van der Waals surface area contributed by atoms with Crippen LogP contribution in [0.1, 0.15) is 39.2 Å². The van der Waals surface area contributed by atoms with Gasteiger partial charge in [0.2, 0.25) is 5.95 Å². The molecule has 1 atom stereocenters. The topological polar surface area (TPSA) is 59.4 Å². The fourth-order valence-electron chi connectivity index (χ4n) is 3.98. The van der Waals surface area contributed by atoms with Crippen LogP contribution < -0.4 is 10.2 Å². The van der Waals surface area contributed by atoms with Crippen LogP contribution in [0.15, 0.2) is 48.5 Å². The molecular weight excluding hydrogens is 412 g/mol. The molecule has 2 heterocycles. The first kappa shape index (κ1) is 21.5. The van der Waals surface area contributed by atoms with Gasteiger partial charge in [-0.25, -0.2) is 9.78 Å². The first-order chi connectivity index (χ1) is 14.8. The molecule has 0 aliphatic carbocycles. The van der Waals surface area contributed by atoms with Gasteiger partial charge in [0, 0.05) is 24.2 Å². The van der Waals surface area contributed by atoms with E-state index in [2.05, 4.69) is 20.9 Å². The van der Waals surface area contributed by atoms with Gasteiger partial charge in [0.25, 0.3) is 0 Å². The third-order valence-electron chi connectivity index (χ3n) is 5.31. The Morgan fingerprint density at radius 1 is 1.19 bits per heavy atom. The Labute approximate surface area is 188 Å². The maximum Gasteiger partial charge on any atom is 0.407 e. The molecule has 0 radical (unpaired) electrons. The second-order valence-corrected chi connectivity index (χ2v) is 9.48. The monoisotopic (exact) mass is 440 g/mol. The Morgan fingerprint density at radius 2 is 1.94 bits per heavy atom. The van der Waals surface area contributed by atoms with E-state index in [0.29, 0.717) is 13.1 Å². The maximum atomic E-state index is 12.3. The maximum absolute atomic E-state index is 12.3. The van der Waals surface area contributed by atoms with E-state index in [0.717, 1.165) is 47.0 Å².